The fourth-order valence-corrected chi connectivity index (χ4v) is 3.47. The van der Waals surface area contributed by atoms with Crippen molar-refractivity contribution in [1.82, 2.24) is 0 Å². The molecule has 0 amide bonds. The topological polar surface area (TPSA) is 51.2 Å². The van der Waals surface area contributed by atoms with Gasteiger partial charge in [-0.05, 0) is 72.9 Å². The lowest BCUT2D eigenvalue weighted by atomic mass is 10.00. The summed E-state index contributed by atoms with van der Waals surface area (Å²) in [5, 5.41) is 0. The molecule has 0 saturated carbocycles. The average Bonchev–Trinajstić information content (AvgIpc) is 3.20. The first kappa shape index (κ1) is 31.3. The van der Waals surface area contributed by atoms with Crippen molar-refractivity contribution in [3.8, 4) is 0 Å². The van der Waals surface area contributed by atoms with Crippen LogP contribution in [0.3, 0.4) is 0 Å². The van der Waals surface area contributed by atoms with Crippen LogP contribution in [0.2, 0.25) is 0 Å². The highest BCUT2D eigenvalue weighted by Crippen LogP contribution is 2.15. The van der Waals surface area contributed by atoms with Crippen LogP contribution in [0.15, 0.2) is 151 Å². The van der Waals surface area contributed by atoms with E-state index in [1.54, 1.807) is 49.4 Å². The van der Waals surface area contributed by atoms with Gasteiger partial charge in [0.1, 0.15) is 6.29 Å². The van der Waals surface area contributed by atoms with Crippen LogP contribution in [0.4, 0.5) is 0 Å². The molecule has 0 N–H and O–H groups in total. The maximum Gasteiger partial charge on any atom is 0.185 e. The van der Waals surface area contributed by atoms with Gasteiger partial charge in [0, 0.05) is 11.1 Å². The van der Waals surface area contributed by atoms with Crippen molar-refractivity contribution >= 4 is 23.9 Å². The maximum atomic E-state index is 12.7. The predicted octanol–water partition coefficient (Wildman–Crippen LogP) is 8.77. The van der Waals surface area contributed by atoms with Gasteiger partial charge in [-0.2, -0.15) is 0 Å². The largest absolute Gasteiger partial charge is 0.299 e. The summed E-state index contributed by atoms with van der Waals surface area (Å²) in [6, 6.07) is 26.9. The van der Waals surface area contributed by atoms with Gasteiger partial charge in [-0.1, -0.05) is 122 Å². The van der Waals surface area contributed by atoms with Crippen molar-refractivity contribution in [1.29, 1.82) is 0 Å². The summed E-state index contributed by atoms with van der Waals surface area (Å²) in [5.74, 6) is 0.136. The first-order chi connectivity index (χ1) is 19.4. The summed E-state index contributed by atoms with van der Waals surface area (Å²) in [6.07, 6.45) is 20.7. The summed E-state index contributed by atoms with van der Waals surface area (Å²) < 4.78 is 0. The summed E-state index contributed by atoms with van der Waals surface area (Å²) >= 11 is 0. The average molecular weight is 529 g/mol. The highest BCUT2D eigenvalue weighted by Gasteiger charge is 2.09. The molecule has 0 bridgehead atoms. The Hall–Kier alpha value is -4.89. The van der Waals surface area contributed by atoms with Gasteiger partial charge in [0.2, 0.25) is 0 Å². The van der Waals surface area contributed by atoms with Crippen LogP contribution in [0.25, 0.3) is 6.08 Å². The molecule has 1 atom stereocenters. The Bertz CT molecular complexity index is 1380. The molecule has 1 aliphatic rings. The molecule has 1 aliphatic carbocycles. The number of benzene rings is 3. The van der Waals surface area contributed by atoms with Crippen molar-refractivity contribution < 1.29 is 14.4 Å². The van der Waals surface area contributed by atoms with Crippen LogP contribution in [0.5, 0.6) is 0 Å². The highest BCUT2D eigenvalue weighted by atomic mass is 16.1. The number of carbonyl (C=O) groups is 3. The van der Waals surface area contributed by atoms with Gasteiger partial charge in [0.15, 0.2) is 11.6 Å². The van der Waals surface area contributed by atoms with Crippen LogP contribution in [-0.4, -0.2) is 17.9 Å². The lowest BCUT2D eigenvalue weighted by Crippen LogP contribution is -2.01. The summed E-state index contributed by atoms with van der Waals surface area (Å²) in [4.78, 5) is 34.6. The molecule has 0 heterocycles. The molecule has 4 rings (SSSR count). The van der Waals surface area contributed by atoms with E-state index in [9.17, 15) is 14.4 Å². The molecule has 0 fully saturated rings. The molecular weight excluding hydrogens is 492 g/mol. The molecule has 0 aromatic heterocycles. The second-order valence-electron chi connectivity index (χ2n) is 8.98. The number of aryl methyl sites for hydroxylation is 1. The monoisotopic (exact) mass is 528 g/mol. The van der Waals surface area contributed by atoms with E-state index >= 15 is 0 Å². The molecule has 202 valence electrons. The first-order valence-electron chi connectivity index (χ1n) is 13.2. The van der Waals surface area contributed by atoms with Crippen molar-refractivity contribution in [3.05, 3.63) is 174 Å². The number of hydrogen-bond acceptors (Lipinski definition) is 3. The van der Waals surface area contributed by atoms with Crippen LogP contribution in [-0.2, 0) is 4.79 Å². The number of ketones is 2. The Balaban J connectivity index is 0.000000425. The van der Waals surface area contributed by atoms with Crippen molar-refractivity contribution in [2.45, 2.75) is 20.8 Å². The van der Waals surface area contributed by atoms with Gasteiger partial charge in [-0.15, -0.1) is 0 Å². The standard InChI is InChI=1S/C27H24O2.C6H6.C4H6O/c1-20-7-6-10-23(12-11-20)14-16-27(29)25-18-21(2)17-24(19-25)26(28)15-13-22-8-4-3-5-9-22;1-2-4-6-5-3-1;1-2-3-4-5/h3-20H,1-2H3;1-6H;2-4H,1H3/b15-13+,16-14+;;3-2+. The Morgan fingerprint density at radius 3 is 1.82 bits per heavy atom. The molecule has 0 aliphatic heterocycles. The molecule has 0 saturated heterocycles. The number of aldehydes is 1. The second kappa shape index (κ2) is 18.4. The second-order valence-corrected chi connectivity index (χ2v) is 8.98. The Kier molecular flexibility index (Phi) is 14.4. The Labute approximate surface area is 238 Å². The fraction of sp³-hybridized carbons (Fsp3) is 0.108. The van der Waals surface area contributed by atoms with Crippen molar-refractivity contribution in [2.75, 3.05) is 0 Å². The molecule has 1 unspecified atom stereocenters. The van der Waals surface area contributed by atoms with Gasteiger partial charge < -0.3 is 0 Å². The van der Waals surface area contributed by atoms with Gasteiger partial charge >= 0.3 is 0 Å². The maximum absolute atomic E-state index is 12.7. The summed E-state index contributed by atoms with van der Waals surface area (Å²) in [6.45, 7) is 5.80. The van der Waals surface area contributed by atoms with Gasteiger partial charge in [-0.25, -0.2) is 0 Å². The van der Waals surface area contributed by atoms with E-state index in [2.05, 4.69) is 19.1 Å². The van der Waals surface area contributed by atoms with E-state index in [0.29, 0.717) is 17.0 Å². The van der Waals surface area contributed by atoms with E-state index < -0.39 is 0 Å². The quantitative estimate of drug-likeness (QED) is 0.175. The number of hydrogen-bond donors (Lipinski definition) is 0. The number of carbonyl (C=O) groups excluding carboxylic acids is 3. The summed E-state index contributed by atoms with van der Waals surface area (Å²) in [7, 11) is 0. The van der Waals surface area contributed by atoms with Crippen LogP contribution >= 0.6 is 0 Å². The van der Waals surface area contributed by atoms with E-state index in [1.807, 2.05) is 97.9 Å². The van der Waals surface area contributed by atoms with Gasteiger partial charge in [-0.3, -0.25) is 14.4 Å². The zero-order chi connectivity index (χ0) is 29.0. The third-order valence-electron chi connectivity index (χ3n) is 5.53. The fourth-order valence-electron chi connectivity index (χ4n) is 3.47. The molecule has 3 aromatic rings. The zero-order valence-corrected chi connectivity index (χ0v) is 23.3. The lowest BCUT2D eigenvalue weighted by molar-refractivity contribution is -0.104. The van der Waals surface area contributed by atoms with E-state index in [-0.39, 0.29) is 11.6 Å². The van der Waals surface area contributed by atoms with Crippen LogP contribution in [0.1, 0.15) is 45.7 Å². The minimum Gasteiger partial charge on any atom is -0.299 e. The third-order valence-corrected chi connectivity index (χ3v) is 5.53. The molecular formula is C37H36O3. The predicted molar refractivity (Wildman–Crippen MR) is 167 cm³/mol. The molecule has 0 radical (unpaired) electrons. The van der Waals surface area contributed by atoms with Crippen LogP contribution < -0.4 is 0 Å². The number of allylic oxidation sites excluding steroid dienone is 11. The van der Waals surface area contributed by atoms with Crippen molar-refractivity contribution in [3.63, 3.8) is 0 Å². The number of rotatable bonds is 7. The molecule has 0 spiro atoms. The lowest BCUT2D eigenvalue weighted by Gasteiger charge is -2.03. The van der Waals surface area contributed by atoms with Crippen LogP contribution in [0, 0.1) is 12.8 Å². The molecule has 3 aromatic carbocycles. The summed E-state index contributed by atoms with van der Waals surface area (Å²) in [5.41, 5.74) is 3.83. The molecule has 3 nitrogen and oxygen atoms in total. The SMILES string of the molecule is C/C=C/C=O.Cc1cc(C(=O)/C=C/C2=CC=CC(C)C=C2)cc(C(=O)/C=C/c2ccccc2)c1.c1ccccc1. The molecule has 3 heteroatoms. The minimum absolute atomic E-state index is 0.120. The molecule has 40 heavy (non-hydrogen) atoms. The minimum atomic E-state index is -0.121. The smallest absolute Gasteiger partial charge is 0.185 e. The third kappa shape index (κ3) is 12.6. The first-order valence-corrected chi connectivity index (χ1v) is 13.2. The Morgan fingerprint density at radius 2 is 1.30 bits per heavy atom. The van der Waals surface area contributed by atoms with Gasteiger partial charge in [0.05, 0.1) is 0 Å². The highest BCUT2D eigenvalue weighted by molar-refractivity contribution is 6.10. The van der Waals surface area contributed by atoms with E-state index in [0.717, 1.165) is 23.0 Å². The zero-order valence-electron chi connectivity index (χ0n) is 23.3. The van der Waals surface area contributed by atoms with Gasteiger partial charge in [0.25, 0.3) is 0 Å². The normalized spacial score (nSPS) is 14.1. The Morgan fingerprint density at radius 1 is 0.750 bits per heavy atom. The van der Waals surface area contributed by atoms with E-state index in [4.69, 9.17) is 0 Å². The van der Waals surface area contributed by atoms with Crippen molar-refractivity contribution in [2.24, 2.45) is 5.92 Å². The van der Waals surface area contributed by atoms with E-state index in [1.165, 1.54) is 6.08 Å².